The molecule has 2 aromatic carbocycles. The van der Waals surface area contributed by atoms with Gasteiger partial charge in [0, 0.05) is 17.4 Å². The first-order valence-corrected chi connectivity index (χ1v) is 6.56. The molecule has 4 heteroatoms. The largest absolute Gasteiger partial charge is 0.322 e. The molecule has 0 radical (unpaired) electrons. The predicted octanol–water partition coefficient (Wildman–Crippen LogP) is 3.40. The smallest absolute Gasteiger partial charge is 0.259 e. The Bertz CT molecular complexity index is 742. The summed E-state index contributed by atoms with van der Waals surface area (Å²) in [6, 6.07) is 18.9. The number of para-hydroxylation sites is 1. The molecular weight excluding hydrogens is 262 g/mol. The standard InChI is InChI=1S/C17H13N3O/c21-17(20-14-9-5-2-6-10-14)15-11-18-12-19-16(15)13-7-3-1-4-8-13/h1-12H,(H,20,21). The third-order valence-corrected chi connectivity index (χ3v) is 3.04. The summed E-state index contributed by atoms with van der Waals surface area (Å²) >= 11 is 0. The van der Waals surface area contributed by atoms with Gasteiger partial charge in [-0.05, 0) is 12.1 Å². The van der Waals surface area contributed by atoms with E-state index in [0.717, 1.165) is 11.3 Å². The maximum atomic E-state index is 12.4. The number of carbonyl (C=O) groups is 1. The minimum atomic E-state index is -0.222. The Hall–Kier alpha value is -3.01. The number of carbonyl (C=O) groups excluding carboxylic acids is 1. The zero-order chi connectivity index (χ0) is 14.5. The Kier molecular flexibility index (Phi) is 3.69. The van der Waals surface area contributed by atoms with Crippen molar-refractivity contribution in [1.29, 1.82) is 0 Å². The van der Waals surface area contributed by atoms with Crippen LogP contribution < -0.4 is 5.32 Å². The molecule has 0 aliphatic heterocycles. The predicted molar refractivity (Wildman–Crippen MR) is 81.9 cm³/mol. The van der Waals surface area contributed by atoms with E-state index < -0.39 is 0 Å². The number of rotatable bonds is 3. The molecule has 21 heavy (non-hydrogen) atoms. The summed E-state index contributed by atoms with van der Waals surface area (Å²) in [5.74, 6) is -0.222. The minimum Gasteiger partial charge on any atom is -0.322 e. The Labute approximate surface area is 122 Å². The van der Waals surface area contributed by atoms with Crippen molar-refractivity contribution in [2.45, 2.75) is 0 Å². The quantitative estimate of drug-likeness (QED) is 0.797. The molecule has 1 N–H and O–H groups in total. The van der Waals surface area contributed by atoms with Gasteiger partial charge in [-0.15, -0.1) is 0 Å². The van der Waals surface area contributed by atoms with Crippen LogP contribution >= 0.6 is 0 Å². The molecule has 0 atom stereocenters. The molecule has 0 aliphatic rings. The van der Waals surface area contributed by atoms with Crippen molar-refractivity contribution in [2.24, 2.45) is 0 Å². The van der Waals surface area contributed by atoms with Crippen LogP contribution in [0.25, 0.3) is 11.3 Å². The molecule has 1 amide bonds. The molecule has 102 valence electrons. The maximum absolute atomic E-state index is 12.4. The fourth-order valence-corrected chi connectivity index (χ4v) is 2.04. The first-order chi connectivity index (χ1) is 10.3. The van der Waals surface area contributed by atoms with Gasteiger partial charge in [0.1, 0.15) is 6.33 Å². The summed E-state index contributed by atoms with van der Waals surface area (Å²) in [7, 11) is 0. The number of hydrogen-bond acceptors (Lipinski definition) is 3. The lowest BCUT2D eigenvalue weighted by Gasteiger charge is -2.08. The van der Waals surface area contributed by atoms with Crippen molar-refractivity contribution in [2.75, 3.05) is 5.32 Å². The molecule has 0 spiro atoms. The minimum absolute atomic E-state index is 0.222. The molecule has 0 aliphatic carbocycles. The topological polar surface area (TPSA) is 54.9 Å². The Morgan fingerprint density at radius 3 is 2.29 bits per heavy atom. The van der Waals surface area contributed by atoms with Gasteiger partial charge in [0.15, 0.2) is 0 Å². The van der Waals surface area contributed by atoms with Crippen molar-refractivity contribution < 1.29 is 4.79 Å². The van der Waals surface area contributed by atoms with Crippen molar-refractivity contribution in [1.82, 2.24) is 9.97 Å². The fourth-order valence-electron chi connectivity index (χ4n) is 2.04. The lowest BCUT2D eigenvalue weighted by molar-refractivity contribution is 0.102. The monoisotopic (exact) mass is 275 g/mol. The summed E-state index contributed by atoms with van der Waals surface area (Å²) < 4.78 is 0. The van der Waals surface area contributed by atoms with E-state index in [-0.39, 0.29) is 5.91 Å². The second-order valence-electron chi connectivity index (χ2n) is 4.47. The van der Waals surface area contributed by atoms with Crippen molar-refractivity contribution >= 4 is 11.6 Å². The van der Waals surface area contributed by atoms with Crippen LogP contribution in [0, 0.1) is 0 Å². The van der Waals surface area contributed by atoms with E-state index in [4.69, 9.17) is 0 Å². The highest BCUT2D eigenvalue weighted by atomic mass is 16.1. The first kappa shape index (κ1) is 13.0. The lowest BCUT2D eigenvalue weighted by atomic mass is 10.1. The second kappa shape index (κ2) is 5.96. The van der Waals surface area contributed by atoms with Gasteiger partial charge in [-0.1, -0.05) is 48.5 Å². The van der Waals surface area contributed by atoms with Crippen LogP contribution in [0.5, 0.6) is 0 Å². The molecule has 0 saturated carbocycles. The molecule has 0 saturated heterocycles. The third kappa shape index (κ3) is 2.95. The Morgan fingerprint density at radius 2 is 1.57 bits per heavy atom. The zero-order valence-corrected chi connectivity index (χ0v) is 11.2. The van der Waals surface area contributed by atoms with Crippen molar-refractivity contribution in [3.63, 3.8) is 0 Å². The van der Waals surface area contributed by atoms with Crippen LogP contribution in [0.2, 0.25) is 0 Å². The summed E-state index contributed by atoms with van der Waals surface area (Å²) in [6.07, 6.45) is 2.98. The number of anilines is 1. The van der Waals surface area contributed by atoms with E-state index in [2.05, 4.69) is 15.3 Å². The molecule has 1 aromatic heterocycles. The Morgan fingerprint density at radius 1 is 0.905 bits per heavy atom. The fraction of sp³-hybridized carbons (Fsp3) is 0. The normalized spacial score (nSPS) is 10.1. The summed E-state index contributed by atoms with van der Waals surface area (Å²) in [6.45, 7) is 0. The number of hydrogen-bond donors (Lipinski definition) is 1. The number of aromatic nitrogens is 2. The van der Waals surface area contributed by atoms with Crippen LogP contribution in [0.1, 0.15) is 10.4 Å². The van der Waals surface area contributed by atoms with Crippen LogP contribution in [-0.4, -0.2) is 15.9 Å². The molecule has 4 nitrogen and oxygen atoms in total. The average molecular weight is 275 g/mol. The van der Waals surface area contributed by atoms with Gasteiger partial charge < -0.3 is 5.32 Å². The molecule has 0 fully saturated rings. The van der Waals surface area contributed by atoms with Crippen LogP contribution in [0.4, 0.5) is 5.69 Å². The van der Waals surface area contributed by atoms with Gasteiger partial charge in [-0.3, -0.25) is 4.79 Å². The second-order valence-corrected chi connectivity index (χ2v) is 4.47. The number of nitrogens with one attached hydrogen (secondary N) is 1. The van der Waals surface area contributed by atoms with Crippen molar-refractivity contribution in [3.05, 3.63) is 78.8 Å². The van der Waals surface area contributed by atoms with Crippen LogP contribution in [-0.2, 0) is 0 Å². The van der Waals surface area contributed by atoms with Gasteiger partial charge in [-0.25, -0.2) is 9.97 Å². The van der Waals surface area contributed by atoms with Gasteiger partial charge in [0.05, 0.1) is 11.3 Å². The SMILES string of the molecule is O=C(Nc1ccccc1)c1cncnc1-c1ccccc1. The molecule has 3 rings (SSSR count). The van der Waals surface area contributed by atoms with E-state index in [1.54, 1.807) is 0 Å². The molecule has 0 unspecified atom stereocenters. The highest BCUT2D eigenvalue weighted by Crippen LogP contribution is 2.21. The first-order valence-electron chi connectivity index (χ1n) is 6.56. The van der Waals surface area contributed by atoms with E-state index in [9.17, 15) is 4.79 Å². The van der Waals surface area contributed by atoms with Gasteiger partial charge in [0.2, 0.25) is 0 Å². The zero-order valence-electron chi connectivity index (χ0n) is 11.2. The summed E-state index contributed by atoms with van der Waals surface area (Å²) in [4.78, 5) is 20.6. The third-order valence-electron chi connectivity index (χ3n) is 3.04. The summed E-state index contributed by atoms with van der Waals surface area (Å²) in [5.41, 5.74) is 2.70. The van der Waals surface area contributed by atoms with Gasteiger partial charge in [-0.2, -0.15) is 0 Å². The highest BCUT2D eigenvalue weighted by Gasteiger charge is 2.14. The van der Waals surface area contributed by atoms with E-state index in [1.807, 2.05) is 60.7 Å². The van der Waals surface area contributed by atoms with E-state index >= 15 is 0 Å². The molecular formula is C17H13N3O. The maximum Gasteiger partial charge on any atom is 0.259 e. The lowest BCUT2D eigenvalue weighted by Crippen LogP contribution is -2.14. The van der Waals surface area contributed by atoms with Gasteiger partial charge in [0.25, 0.3) is 5.91 Å². The molecule has 3 aromatic rings. The van der Waals surface area contributed by atoms with Crippen LogP contribution in [0.15, 0.2) is 73.2 Å². The number of benzene rings is 2. The summed E-state index contributed by atoms with van der Waals surface area (Å²) in [5, 5.41) is 2.85. The van der Waals surface area contributed by atoms with E-state index in [0.29, 0.717) is 11.3 Å². The van der Waals surface area contributed by atoms with E-state index in [1.165, 1.54) is 12.5 Å². The average Bonchev–Trinajstić information content (AvgIpc) is 2.56. The molecule has 0 bridgehead atoms. The number of nitrogens with zero attached hydrogens (tertiary/aromatic N) is 2. The van der Waals surface area contributed by atoms with Crippen LogP contribution in [0.3, 0.4) is 0 Å². The van der Waals surface area contributed by atoms with Gasteiger partial charge >= 0.3 is 0 Å². The van der Waals surface area contributed by atoms with Crippen molar-refractivity contribution in [3.8, 4) is 11.3 Å². The Balaban J connectivity index is 1.94. The highest BCUT2D eigenvalue weighted by molar-refractivity contribution is 6.07. The molecule has 1 heterocycles. The number of amides is 1.